The van der Waals surface area contributed by atoms with E-state index in [0.717, 1.165) is 16.4 Å². The third-order valence-electron chi connectivity index (χ3n) is 2.35. The Labute approximate surface area is 120 Å². The van der Waals surface area contributed by atoms with Gasteiger partial charge in [-0.25, -0.2) is 12.8 Å². The van der Waals surface area contributed by atoms with Gasteiger partial charge in [0.1, 0.15) is 10.7 Å². The first kappa shape index (κ1) is 16.4. The van der Waals surface area contributed by atoms with Gasteiger partial charge < -0.3 is 10.8 Å². The Morgan fingerprint density at radius 1 is 1.47 bits per heavy atom. The van der Waals surface area contributed by atoms with Gasteiger partial charge in [-0.2, -0.15) is 4.31 Å². The largest absolute Gasteiger partial charge is 0.398 e. The van der Waals surface area contributed by atoms with Gasteiger partial charge in [-0.1, -0.05) is 0 Å². The monoisotopic (exact) mass is 354 g/mol. The van der Waals surface area contributed by atoms with Gasteiger partial charge in [0.15, 0.2) is 0 Å². The molecule has 0 aliphatic rings. The Balaban J connectivity index is 3.25. The van der Waals surface area contributed by atoms with Crippen molar-refractivity contribution in [3.8, 4) is 0 Å². The van der Waals surface area contributed by atoms with Crippen LogP contribution in [0.15, 0.2) is 21.5 Å². The average molecular weight is 355 g/mol. The molecule has 108 valence electrons. The van der Waals surface area contributed by atoms with E-state index >= 15 is 0 Å². The highest BCUT2D eigenvalue weighted by atomic mass is 79.9. The highest BCUT2D eigenvalue weighted by molar-refractivity contribution is 9.10. The number of anilines is 1. The minimum absolute atomic E-state index is 0.122. The summed E-state index contributed by atoms with van der Waals surface area (Å²) < 4.78 is 39.3. The van der Waals surface area contributed by atoms with E-state index in [9.17, 15) is 17.9 Å². The van der Waals surface area contributed by atoms with E-state index in [2.05, 4.69) is 15.9 Å². The summed E-state index contributed by atoms with van der Waals surface area (Å²) in [5.74, 6) is -0.899. The fourth-order valence-corrected chi connectivity index (χ4v) is 3.26. The van der Waals surface area contributed by atoms with Gasteiger partial charge in [0.2, 0.25) is 10.0 Å². The first-order valence-electron chi connectivity index (χ1n) is 5.38. The minimum Gasteiger partial charge on any atom is -0.398 e. The Hall–Kier alpha value is -0.700. The lowest BCUT2D eigenvalue weighted by atomic mass is 10.1. The number of likely N-dealkylation sites (N-methyl/N-ethyl adjacent to an activating group) is 1. The van der Waals surface area contributed by atoms with E-state index in [1.807, 2.05) is 0 Å². The molecule has 0 spiro atoms. The number of halogens is 2. The third-order valence-corrected chi connectivity index (χ3v) is 4.85. The second-order valence-electron chi connectivity index (χ2n) is 4.88. The smallest absolute Gasteiger partial charge is 0.245 e. The summed E-state index contributed by atoms with van der Waals surface area (Å²) >= 11 is 3.02. The van der Waals surface area contributed by atoms with Gasteiger partial charge in [0.25, 0.3) is 0 Å². The van der Waals surface area contributed by atoms with Crippen molar-refractivity contribution in [2.24, 2.45) is 0 Å². The molecule has 8 heteroatoms. The van der Waals surface area contributed by atoms with Crippen LogP contribution >= 0.6 is 15.9 Å². The Morgan fingerprint density at radius 2 is 2.00 bits per heavy atom. The Morgan fingerprint density at radius 3 is 2.47 bits per heavy atom. The Bertz CT molecular complexity index is 584. The fourth-order valence-electron chi connectivity index (χ4n) is 1.54. The molecule has 0 heterocycles. The van der Waals surface area contributed by atoms with Crippen molar-refractivity contribution in [3.05, 3.63) is 22.4 Å². The number of hydrogen-bond donors (Lipinski definition) is 2. The van der Waals surface area contributed by atoms with Gasteiger partial charge in [0, 0.05) is 23.8 Å². The summed E-state index contributed by atoms with van der Waals surface area (Å²) in [6.45, 7) is 2.77. The van der Waals surface area contributed by atoms with Gasteiger partial charge >= 0.3 is 0 Å². The van der Waals surface area contributed by atoms with Crippen molar-refractivity contribution in [1.29, 1.82) is 0 Å². The predicted octanol–water partition coefficient (Wildman–Crippen LogP) is 1.56. The van der Waals surface area contributed by atoms with Crippen LogP contribution in [-0.2, 0) is 10.0 Å². The van der Waals surface area contributed by atoms with E-state index < -0.39 is 26.3 Å². The molecular formula is C11H16BrFN2O3S. The molecule has 5 nitrogen and oxygen atoms in total. The molecule has 0 aliphatic carbocycles. The molecule has 0 aliphatic heterocycles. The van der Waals surface area contributed by atoms with Crippen LogP contribution in [0.1, 0.15) is 13.8 Å². The van der Waals surface area contributed by atoms with Crippen LogP contribution in [0.4, 0.5) is 10.1 Å². The highest BCUT2D eigenvalue weighted by Gasteiger charge is 2.29. The maximum Gasteiger partial charge on any atom is 0.245 e. The Kier molecular flexibility index (Phi) is 4.61. The molecular weight excluding hydrogens is 339 g/mol. The van der Waals surface area contributed by atoms with Gasteiger partial charge in [-0.15, -0.1) is 0 Å². The van der Waals surface area contributed by atoms with Crippen LogP contribution in [0.3, 0.4) is 0 Å². The average Bonchev–Trinajstić information content (AvgIpc) is 2.20. The molecule has 0 amide bonds. The van der Waals surface area contributed by atoms with E-state index in [1.165, 1.54) is 20.9 Å². The lowest BCUT2D eigenvalue weighted by Gasteiger charge is -2.25. The lowest BCUT2D eigenvalue weighted by molar-refractivity contribution is 0.0639. The maximum atomic E-state index is 13.8. The summed E-state index contributed by atoms with van der Waals surface area (Å²) in [6.07, 6.45) is 0. The summed E-state index contributed by atoms with van der Waals surface area (Å²) in [5, 5.41) is 9.63. The van der Waals surface area contributed by atoms with E-state index in [4.69, 9.17) is 5.73 Å². The number of benzene rings is 1. The van der Waals surface area contributed by atoms with Crippen molar-refractivity contribution in [3.63, 3.8) is 0 Å². The second kappa shape index (κ2) is 5.35. The lowest BCUT2D eigenvalue weighted by Crippen LogP contribution is -2.39. The molecule has 0 saturated heterocycles. The molecule has 19 heavy (non-hydrogen) atoms. The molecule has 0 aromatic heterocycles. The number of aliphatic hydroxyl groups is 1. The molecule has 0 fully saturated rings. The minimum atomic E-state index is -4.04. The molecule has 0 bridgehead atoms. The molecule has 0 atom stereocenters. The second-order valence-corrected chi connectivity index (χ2v) is 7.75. The standard InChI is InChI=1S/C11H16BrFN2O3S/c1-11(2,16)6-15(3)19(17,18)10-5-9(14)7(12)4-8(10)13/h4-5,16H,6,14H2,1-3H3. The van der Waals surface area contributed by atoms with Gasteiger partial charge in [-0.3, -0.25) is 0 Å². The molecule has 0 saturated carbocycles. The molecule has 1 aromatic rings. The fraction of sp³-hybridized carbons (Fsp3) is 0.455. The third kappa shape index (κ3) is 3.88. The van der Waals surface area contributed by atoms with Gasteiger partial charge in [0.05, 0.1) is 5.60 Å². The van der Waals surface area contributed by atoms with E-state index in [0.29, 0.717) is 0 Å². The topological polar surface area (TPSA) is 83.6 Å². The van der Waals surface area contributed by atoms with Crippen LogP contribution in [-0.4, -0.2) is 37.0 Å². The first-order chi connectivity index (χ1) is 8.45. The van der Waals surface area contributed by atoms with Crippen LogP contribution in [0.2, 0.25) is 0 Å². The van der Waals surface area contributed by atoms with Crippen molar-refractivity contribution in [2.75, 3.05) is 19.3 Å². The molecule has 0 radical (unpaired) electrons. The predicted molar refractivity (Wildman–Crippen MR) is 74.6 cm³/mol. The zero-order chi connectivity index (χ0) is 15.0. The summed E-state index contributed by atoms with van der Waals surface area (Å²) in [4.78, 5) is -0.514. The number of rotatable bonds is 4. The number of nitrogen functional groups attached to an aromatic ring is 1. The number of nitrogens with zero attached hydrogens (tertiary/aromatic N) is 1. The molecule has 1 aromatic carbocycles. The number of hydrogen-bond acceptors (Lipinski definition) is 4. The van der Waals surface area contributed by atoms with E-state index in [1.54, 1.807) is 0 Å². The highest BCUT2D eigenvalue weighted by Crippen LogP contribution is 2.28. The maximum absolute atomic E-state index is 13.8. The molecule has 3 N–H and O–H groups in total. The van der Waals surface area contributed by atoms with Crippen LogP contribution in [0.25, 0.3) is 0 Å². The zero-order valence-electron chi connectivity index (χ0n) is 10.8. The van der Waals surface area contributed by atoms with Gasteiger partial charge in [-0.05, 0) is 41.9 Å². The van der Waals surface area contributed by atoms with Crippen LogP contribution < -0.4 is 5.73 Å². The summed E-state index contributed by atoms with van der Waals surface area (Å²) in [5.41, 5.74) is 4.47. The van der Waals surface area contributed by atoms with E-state index in [-0.39, 0.29) is 16.7 Å². The first-order valence-corrected chi connectivity index (χ1v) is 7.62. The van der Waals surface area contributed by atoms with Crippen molar-refractivity contribution in [2.45, 2.75) is 24.3 Å². The summed E-state index contributed by atoms with van der Waals surface area (Å²) in [6, 6.07) is 2.05. The number of nitrogens with two attached hydrogens (primary N) is 1. The van der Waals surface area contributed by atoms with Crippen molar-refractivity contribution in [1.82, 2.24) is 4.31 Å². The van der Waals surface area contributed by atoms with Crippen molar-refractivity contribution >= 4 is 31.6 Å². The van der Waals surface area contributed by atoms with Crippen LogP contribution in [0.5, 0.6) is 0 Å². The quantitative estimate of drug-likeness (QED) is 0.803. The number of sulfonamides is 1. The van der Waals surface area contributed by atoms with Crippen LogP contribution in [0, 0.1) is 5.82 Å². The summed E-state index contributed by atoms with van der Waals surface area (Å²) in [7, 11) is -2.78. The normalized spacial score (nSPS) is 13.0. The van der Waals surface area contributed by atoms with Crippen molar-refractivity contribution < 1.29 is 17.9 Å². The molecule has 1 rings (SSSR count). The molecule has 0 unspecified atom stereocenters. The zero-order valence-corrected chi connectivity index (χ0v) is 13.2. The SMILES string of the molecule is CN(CC(C)(C)O)S(=O)(=O)c1cc(N)c(Br)cc1F.